The Morgan fingerprint density at radius 1 is 1.08 bits per heavy atom. The highest BCUT2D eigenvalue weighted by Gasteiger charge is 2.44. The van der Waals surface area contributed by atoms with Crippen molar-refractivity contribution in [3.63, 3.8) is 0 Å². The smallest absolute Gasteiger partial charge is 0.334 e. The van der Waals surface area contributed by atoms with Gasteiger partial charge in [0.25, 0.3) is 0 Å². The first kappa shape index (κ1) is 19.2. The Balaban J connectivity index is 2.03. The first-order chi connectivity index (χ1) is 11.8. The zero-order valence-electron chi connectivity index (χ0n) is 14.2. The summed E-state index contributed by atoms with van der Waals surface area (Å²) >= 11 is 6.19. The van der Waals surface area contributed by atoms with E-state index in [-0.39, 0.29) is 6.61 Å². The standard InChI is InChI=1S/C20H21ClO4/c1-14(17(22)16-11-7-4-8-12-16)18(23)20(2,21)19(24)25-13-15-9-5-3-6-10-15/h3-12,14,17,22H,13H2,1-2H3/t14-,17-,20+/m0/s1. The summed E-state index contributed by atoms with van der Waals surface area (Å²) in [5.41, 5.74) is 1.39. The first-order valence-electron chi connectivity index (χ1n) is 8.01. The molecule has 0 spiro atoms. The van der Waals surface area contributed by atoms with Crippen molar-refractivity contribution in [1.29, 1.82) is 0 Å². The zero-order valence-corrected chi connectivity index (χ0v) is 14.9. The highest BCUT2D eigenvalue weighted by molar-refractivity contribution is 6.45. The van der Waals surface area contributed by atoms with Crippen molar-refractivity contribution >= 4 is 23.4 Å². The van der Waals surface area contributed by atoms with Crippen LogP contribution in [0.3, 0.4) is 0 Å². The summed E-state index contributed by atoms with van der Waals surface area (Å²) in [5.74, 6) is -2.26. The normalized spacial score (nSPS) is 15.7. The Morgan fingerprint density at radius 2 is 1.60 bits per heavy atom. The predicted octanol–water partition coefficient (Wildman–Crippen LogP) is 3.67. The van der Waals surface area contributed by atoms with Crippen LogP contribution in [-0.4, -0.2) is 21.7 Å². The predicted molar refractivity (Wildman–Crippen MR) is 96.1 cm³/mol. The van der Waals surface area contributed by atoms with E-state index in [2.05, 4.69) is 0 Å². The van der Waals surface area contributed by atoms with Gasteiger partial charge in [0, 0.05) is 5.92 Å². The van der Waals surface area contributed by atoms with Gasteiger partial charge < -0.3 is 9.84 Å². The highest BCUT2D eigenvalue weighted by atomic mass is 35.5. The van der Waals surface area contributed by atoms with E-state index in [1.165, 1.54) is 6.92 Å². The number of hydrogen-bond acceptors (Lipinski definition) is 4. The highest BCUT2D eigenvalue weighted by Crippen LogP contribution is 2.30. The van der Waals surface area contributed by atoms with Gasteiger partial charge in [-0.1, -0.05) is 79.2 Å². The van der Waals surface area contributed by atoms with E-state index in [0.717, 1.165) is 5.56 Å². The lowest BCUT2D eigenvalue weighted by Crippen LogP contribution is -2.44. The second-order valence-corrected chi connectivity index (χ2v) is 6.83. The molecule has 0 aliphatic carbocycles. The van der Waals surface area contributed by atoms with Crippen molar-refractivity contribution < 1.29 is 19.4 Å². The van der Waals surface area contributed by atoms with Gasteiger partial charge in [0.1, 0.15) is 6.61 Å². The molecular formula is C20H21ClO4. The number of aliphatic hydroxyl groups is 1. The fourth-order valence-electron chi connectivity index (χ4n) is 2.47. The second-order valence-electron chi connectivity index (χ2n) is 6.07. The van der Waals surface area contributed by atoms with Gasteiger partial charge in [-0.2, -0.15) is 0 Å². The Labute approximate surface area is 152 Å². The molecule has 2 aromatic carbocycles. The van der Waals surface area contributed by atoms with Crippen LogP contribution >= 0.6 is 11.6 Å². The molecule has 0 bridgehead atoms. The number of hydrogen-bond donors (Lipinski definition) is 1. The van der Waals surface area contributed by atoms with Crippen LogP contribution in [0.4, 0.5) is 0 Å². The van der Waals surface area contributed by atoms with Crippen LogP contribution < -0.4 is 0 Å². The zero-order chi connectivity index (χ0) is 18.4. The largest absolute Gasteiger partial charge is 0.459 e. The number of Topliss-reactive ketones (excluding diaryl/α,β-unsaturated/α-hetero) is 1. The lowest BCUT2D eigenvalue weighted by Gasteiger charge is -2.25. The van der Waals surface area contributed by atoms with E-state index in [1.54, 1.807) is 31.2 Å². The van der Waals surface area contributed by atoms with E-state index >= 15 is 0 Å². The number of benzene rings is 2. The minimum atomic E-state index is -1.86. The summed E-state index contributed by atoms with van der Waals surface area (Å²) in [6, 6.07) is 17.9. The van der Waals surface area contributed by atoms with Crippen LogP contribution in [0.5, 0.6) is 0 Å². The summed E-state index contributed by atoms with van der Waals surface area (Å²) in [7, 11) is 0. The van der Waals surface area contributed by atoms with Crippen molar-refractivity contribution in [1.82, 2.24) is 0 Å². The number of carbonyl (C=O) groups is 2. The number of ether oxygens (including phenoxy) is 1. The molecule has 1 N–H and O–H groups in total. The first-order valence-corrected chi connectivity index (χ1v) is 8.39. The molecule has 0 saturated carbocycles. The minimum absolute atomic E-state index is 0.0326. The lowest BCUT2D eigenvalue weighted by molar-refractivity contribution is -0.152. The average molecular weight is 361 g/mol. The maximum absolute atomic E-state index is 12.6. The monoisotopic (exact) mass is 360 g/mol. The summed E-state index contributed by atoms with van der Waals surface area (Å²) in [6.45, 7) is 2.88. The molecule has 3 atom stereocenters. The third kappa shape index (κ3) is 4.68. The lowest BCUT2D eigenvalue weighted by atomic mass is 9.87. The van der Waals surface area contributed by atoms with Crippen molar-refractivity contribution in [2.75, 3.05) is 0 Å². The van der Waals surface area contributed by atoms with E-state index < -0.39 is 28.6 Å². The molecule has 0 radical (unpaired) electrons. The van der Waals surface area contributed by atoms with Gasteiger partial charge in [-0.05, 0) is 18.1 Å². The number of halogens is 1. The maximum atomic E-state index is 12.6. The summed E-state index contributed by atoms with van der Waals surface area (Å²) < 4.78 is 5.18. The number of carbonyl (C=O) groups excluding carboxylic acids is 2. The third-order valence-electron chi connectivity index (χ3n) is 4.09. The molecule has 0 saturated heterocycles. The van der Waals surface area contributed by atoms with Crippen LogP contribution in [0.1, 0.15) is 31.1 Å². The molecule has 25 heavy (non-hydrogen) atoms. The molecular weight excluding hydrogens is 340 g/mol. The van der Waals surface area contributed by atoms with E-state index in [9.17, 15) is 14.7 Å². The molecule has 0 unspecified atom stereocenters. The molecule has 0 fully saturated rings. The molecule has 0 amide bonds. The third-order valence-corrected chi connectivity index (χ3v) is 4.43. The molecule has 0 heterocycles. The molecule has 0 aliphatic heterocycles. The Morgan fingerprint density at radius 3 is 2.16 bits per heavy atom. The molecule has 0 aliphatic rings. The van der Waals surface area contributed by atoms with Crippen LogP contribution in [0.2, 0.25) is 0 Å². The van der Waals surface area contributed by atoms with Gasteiger partial charge >= 0.3 is 5.97 Å². The minimum Gasteiger partial charge on any atom is -0.459 e. The second kappa shape index (κ2) is 8.28. The summed E-state index contributed by atoms with van der Waals surface area (Å²) in [4.78, 5) is 23.1. The maximum Gasteiger partial charge on any atom is 0.334 e. The quantitative estimate of drug-likeness (QED) is 0.465. The molecule has 4 nitrogen and oxygen atoms in total. The summed E-state index contributed by atoms with van der Waals surface area (Å²) in [5, 5.41) is 10.4. The SMILES string of the molecule is C[C@H](C(=O)[C@@](C)(Cl)C(=O)OCc1ccccc1)[C@H](O)c1ccccc1. The van der Waals surface area contributed by atoms with Crippen LogP contribution in [0.15, 0.2) is 60.7 Å². The van der Waals surface area contributed by atoms with Crippen LogP contribution in [0.25, 0.3) is 0 Å². The van der Waals surface area contributed by atoms with Crippen LogP contribution in [-0.2, 0) is 20.9 Å². The van der Waals surface area contributed by atoms with E-state index in [4.69, 9.17) is 16.3 Å². The molecule has 2 rings (SSSR count). The fourth-order valence-corrected chi connectivity index (χ4v) is 2.70. The number of ketones is 1. The van der Waals surface area contributed by atoms with Crippen molar-refractivity contribution in [3.05, 3.63) is 71.8 Å². The van der Waals surface area contributed by atoms with E-state index in [1.807, 2.05) is 36.4 Å². The van der Waals surface area contributed by atoms with Crippen molar-refractivity contribution in [3.8, 4) is 0 Å². The number of alkyl halides is 1. The van der Waals surface area contributed by atoms with Gasteiger partial charge in [-0.3, -0.25) is 4.79 Å². The van der Waals surface area contributed by atoms with Gasteiger partial charge in [-0.15, -0.1) is 0 Å². The fraction of sp³-hybridized carbons (Fsp3) is 0.300. The summed E-state index contributed by atoms with van der Waals surface area (Å²) in [6.07, 6.45) is -1.05. The van der Waals surface area contributed by atoms with Gasteiger partial charge in [-0.25, -0.2) is 4.79 Å². The Bertz CT molecular complexity index is 713. The number of aliphatic hydroxyl groups excluding tert-OH is 1. The number of esters is 1. The van der Waals surface area contributed by atoms with Gasteiger partial charge in [0.05, 0.1) is 6.10 Å². The Kier molecular flexibility index (Phi) is 6.34. The molecule has 5 heteroatoms. The molecule has 132 valence electrons. The van der Waals surface area contributed by atoms with Crippen molar-refractivity contribution in [2.45, 2.75) is 31.4 Å². The molecule has 0 aromatic heterocycles. The Hall–Kier alpha value is -2.17. The average Bonchev–Trinajstić information content (AvgIpc) is 2.65. The van der Waals surface area contributed by atoms with Crippen molar-refractivity contribution in [2.24, 2.45) is 5.92 Å². The number of rotatable bonds is 7. The van der Waals surface area contributed by atoms with Gasteiger partial charge in [0.15, 0.2) is 10.7 Å². The van der Waals surface area contributed by atoms with Crippen LogP contribution in [0, 0.1) is 5.92 Å². The topological polar surface area (TPSA) is 63.6 Å². The van der Waals surface area contributed by atoms with E-state index in [0.29, 0.717) is 5.56 Å². The van der Waals surface area contributed by atoms with Gasteiger partial charge in [0.2, 0.25) is 0 Å². The molecule has 2 aromatic rings.